The fraction of sp³-hybridized carbons (Fsp3) is 0.429. The summed E-state index contributed by atoms with van der Waals surface area (Å²) in [6, 6.07) is 5.70. The third-order valence-electron chi connectivity index (χ3n) is 3.11. The molecule has 0 spiro atoms. The summed E-state index contributed by atoms with van der Waals surface area (Å²) in [5.41, 5.74) is 7.57. The largest absolute Gasteiger partial charge is 0.398 e. The summed E-state index contributed by atoms with van der Waals surface area (Å²) < 4.78 is 0. The lowest BCUT2D eigenvalue weighted by molar-refractivity contribution is -0.121. The maximum Gasteiger partial charge on any atom is 0.253 e. The molecule has 2 amide bonds. The first kappa shape index (κ1) is 13.4. The first-order valence-corrected chi connectivity index (χ1v) is 6.50. The number of aryl methyl sites for hydroxylation is 1. The molecule has 102 valence electrons. The number of carbonyl (C=O) groups excluding carboxylic acids is 2. The number of hydrogen-bond acceptors (Lipinski definition) is 3. The third kappa shape index (κ3) is 3.71. The van der Waals surface area contributed by atoms with Gasteiger partial charge in [-0.05, 0) is 31.4 Å². The lowest BCUT2D eigenvalue weighted by atomic mass is 10.1. The van der Waals surface area contributed by atoms with E-state index in [0.717, 1.165) is 18.4 Å². The molecule has 19 heavy (non-hydrogen) atoms. The lowest BCUT2D eigenvalue weighted by Gasteiger charge is -2.10. The Morgan fingerprint density at radius 2 is 2.11 bits per heavy atom. The zero-order valence-corrected chi connectivity index (χ0v) is 11.0. The quantitative estimate of drug-likeness (QED) is 0.691. The van der Waals surface area contributed by atoms with Crippen LogP contribution in [-0.2, 0) is 4.79 Å². The molecule has 0 unspecified atom stereocenters. The number of nitrogen functional groups attached to an aromatic ring is 1. The van der Waals surface area contributed by atoms with E-state index in [9.17, 15) is 9.59 Å². The van der Waals surface area contributed by atoms with E-state index in [0.29, 0.717) is 30.3 Å². The standard InChI is InChI=1S/C14H19N3O2/c1-9-3-2-4-11(15)13(9)14(19)16-8-7-12(18)17-10-5-6-10/h2-4,10H,5-8,15H2,1H3,(H,16,19)(H,17,18). The number of rotatable bonds is 5. The van der Waals surface area contributed by atoms with Crippen molar-refractivity contribution in [2.45, 2.75) is 32.2 Å². The molecule has 1 aromatic rings. The summed E-state index contributed by atoms with van der Waals surface area (Å²) in [6.07, 6.45) is 2.43. The molecule has 5 heteroatoms. The molecule has 0 saturated heterocycles. The number of hydrogen-bond donors (Lipinski definition) is 3. The highest BCUT2D eigenvalue weighted by Crippen LogP contribution is 2.18. The summed E-state index contributed by atoms with van der Waals surface area (Å²) in [7, 11) is 0. The van der Waals surface area contributed by atoms with Crippen LogP contribution in [0, 0.1) is 6.92 Å². The Bertz CT molecular complexity index is 475. The Labute approximate surface area is 112 Å². The molecule has 2 rings (SSSR count). The van der Waals surface area contributed by atoms with Crippen molar-refractivity contribution < 1.29 is 9.59 Å². The first-order chi connectivity index (χ1) is 9.08. The van der Waals surface area contributed by atoms with Gasteiger partial charge in [-0.15, -0.1) is 0 Å². The van der Waals surface area contributed by atoms with Gasteiger partial charge in [0.2, 0.25) is 5.91 Å². The van der Waals surface area contributed by atoms with Crippen LogP contribution in [0.15, 0.2) is 18.2 Å². The van der Waals surface area contributed by atoms with Crippen LogP contribution in [0.5, 0.6) is 0 Å². The minimum absolute atomic E-state index is 0.0134. The van der Waals surface area contributed by atoms with E-state index in [1.807, 2.05) is 19.1 Å². The van der Waals surface area contributed by atoms with Crippen molar-refractivity contribution in [1.29, 1.82) is 0 Å². The maximum atomic E-state index is 12.0. The fourth-order valence-electron chi connectivity index (χ4n) is 1.91. The van der Waals surface area contributed by atoms with Gasteiger partial charge in [-0.1, -0.05) is 12.1 Å². The van der Waals surface area contributed by atoms with E-state index < -0.39 is 0 Å². The van der Waals surface area contributed by atoms with E-state index in [2.05, 4.69) is 10.6 Å². The van der Waals surface area contributed by atoms with Gasteiger partial charge in [0.1, 0.15) is 0 Å². The van der Waals surface area contributed by atoms with Crippen molar-refractivity contribution in [2.24, 2.45) is 0 Å². The van der Waals surface area contributed by atoms with Crippen molar-refractivity contribution in [3.63, 3.8) is 0 Å². The Hall–Kier alpha value is -2.04. The van der Waals surface area contributed by atoms with Gasteiger partial charge in [0.05, 0.1) is 5.56 Å². The average molecular weight is 261 g/mol. The van der Waals surface area contributed by atoms with Crippen LogP contribution >= 0.6 is 0 Å². The van der Waals surface area contributed by atoms with Crippen molar-refractivity contribution in [1.82, 2.24) is 10.6 Å². The number of anilines is 1. The predicted molar refractivity (Wildman–Crippen MR) is 73.7 cm³/mol. The zero-order valence-electron chi connectivity index (χ0n) is 11.0. The molecule has 0 atom stereocenters. The number of nitrogens with one attached hydrogen (secondary N) is 2. The highest BCUT2D eigenvalue weighted by atomic mass is 16.2. The van der Waals surface area contributed by atoms with Gasteiger partial charge in [-0.2, -0.15) is 0 Å². The lowest BCUT2D eigenvalue weighted by Crippen LogP contribution is -2.32. The molecule has 4 N–H and O–H groups in total. The van der Waals surface area contributed by atoms with E-state index in [-0.39, 0.29) is 11.8 Å². The molecule has 1 aromatic carbocycles. The highest BCUT2D eigenvalue weighted by molar-refractivity contribution is 6.00. The second-order valence-corrected chi connectivity index (χ2v) is 4.89. The highest BCUT2D eigenvalue weighted by Gasteiger charge is 2.22. The van der Waals surface area contributed by atoms with Gasteiger partial charge in [0, 0.05) is 24.7 Å². The van der Waals surface area contributed by atoms with Crippen LogP contribution in [0.1, 0.15) is 35.2 Å². The SMILES string of the molecule is Cc1cccc(N)c1C(=O)NCCC(=O)NC1CC1. The number of carbonyl (C=O) groups is 2. The molecule has 1 aliphatic rings. The summed E-state index contributed by atoms with van der Waals surface area (Å²) in [5.74, 6) is -0.240. The molecule has 1 fully saturated rings. The number of benzene rings is 1. The molecule has 1 saturated carbocycles. The summed E-state index contributed by atoms with van der Waals surface area (Å²) >= 11 is 0. The van der Waals surface area contributed by atoms with Gasteiger partial charge in [-0.25, -0.2) is 0 Å². The van der Waals surface area contributed by atoms with Gasteiger partial charge in [0.25, 0.3) is 5.91 Å². The normalized spacial score (nSPS) is 13.9. The summed E-state index contributed by atoms with van der Waals surface area (Å²) in [5, 5.41) is 5.60. The zero-order chi connectivity index (χ0) is 13.8. The van der Waals surface area contributed by atoms with Gasteiger partial charge < -0.3 is 16.4 Å². The van der Waals surface area contributed by atoms with Crippen molar-refractivity contribution >= 4 is 17.5 Å². The molecule has 0 bridgehead atoms. The first-order valence-electron chi connectivity index (χ1n) is 6.50. The van der Waals surface area contributed by atoms with Crippen LogP contribution in [0.25, 0.3) is 0 Å². The maximum absolute atomic E-state index is 12.0. The Kier molecular flexibility index (Phi) is 4.04. The van der Waals surface area contributed by atoms with Crippen LogP contribution in [0.2, 0.25) is 0 Å². The number of nitrogens with two attached hydrogens (primary N) is 1. The van der Waals surface area contributed by atoms with Crippen LogP contribution in [0.3, 0.4) is 0 Å². The van der Waals surface area contributed by atoms with Gasteiger partial charge in [0.15, 0.2) is 0 Å². The van der Waals surface area contributed by atoms with E-state index in [1.165, 1.54) is 0 Å². The molecule has 0 heterocycles. The summed E-state index contributed by atoms with van der Waals surface area (Å²) in [4.78, 5) is 23.4. The second-order valence-electron chi connectivity index (χ2n) is 4.89. The Morgan fingerprint density at radius 1 is 1.37 bits per heavy atom. The molecule has 5 nitrogen and oxygen atoms in total. The second kappa shape index (κ2) is 5.73. The van der Waals surface area contributed by atoms with Gasteiger partial charge >= 0.3 is 0 Å². The van der Waals surface area contributed by atoms with E-state index in [4.69, 9.17) is 5.73 Å². The Morgan fingerprint density at radius 3 is 2.74 bits per heavy atom. The molecular weight excluding hydrogens is 242 g/mol. The van der Waals surface area contributed by atoms with Crippen LogP contribution < -0.4 is 16.4 Å². The monoisotopic (exact) mass is 261 g/mol. The minimum atomic E-state index is -0.227. The van der Waals surface area contributed by atoms with Crippen LogP contribution in [0.4, 0.5) is 5.69 Å². The third-order valence-corrected chi connectivity index (χ3v) is 3.11. The van der Waals surface area contributed by atoms with Crippen molar-refractivity contribution in [3.05, 3.63) is 29.3 Å². The predicted octanol–water partition coefficient (Wildman–Crippen LogP) is 0.976. The smallest absolute Gasteiger partial charge is 0.253 e. The van der Waals surface area contributed by atoms with Gasteiger partial charge in [-0.3, -0.25) is 9.59 Å². The van der Waals surface area contributed by atoms with Crippen molar-refractivity contribution in [3.8, 4) is 0 Å². The summed E-state index contributed by atoms with van der Waals surface area (Å²) in [6.45, 7) is 2.16. The fourth-order valence-corrected chi connectivity index (χ4v) is 1.91. The molecule has 1 aliphatic carbocycles. The molecule has 0 aliphatic heterocycles. The molecule has 0 radical (unpaired) electrons. The average Bonchev–Trinajstić information content (AvgIpc) is 3.12. The van der Waals surface area contributed by atoms with E-state index >= 15 is 0 Å². The van der Waals surface area contributed by atoms with Crippen LogP contribution in [-0.4, -0.2) is 24.4 Å². The minimum Gasteiger partial charge on any atom is -0.398 e. The van der Waals surface area contributed by atoms with E-state index in [1.54, 1.807) is 6.07 Å². The molecule has 0 aromatic heterocycles. The van der Waals surface area contributed by atoms with Crippen molar-refractivity contribution in [2.75, 3.05) is 12.3 Å². The topological polar surface area (TPSA) is 84.2 Å². The molecular formula is C14H19N3O2. The Balaban J connectivity index is 1.82. The number of amides is 2.